The Labute approximate surface area is 72.2 Å². The molecule has 1 atom stereocenters. The van der Waals surface area contributed by atoms with Crippen LogP contribution in [0.5, 0.6) is 0 Å². The van der Waals surface area contributed by atoms with Crippen molar-refractivity contribution < 1.29 is 0 Å². The Morgan fingerprint density at radius 2 is 2.36 bits per heavy atom. The van der Waals surface area contributed by atoms with Crippen LogP contribution in [0.3, 0.4) is 0 Å². The zero-order valence-corrected chi connectivity index (χ0v) is 7.56. The Morgan fingerprint density at radius 3 is 2.82 bits per heavy atom. The highest BCUT2D eigenvalue weighted by Gasteiger charge is 2.15. The van der Waals surface area contributed by atoms with Gasteiger partial charge >= 0.3 is 0 Å². The molecule has 0 fully saturated rings. The lowest BCUT2D eigenvalue weighted by Gasteiger charge is -2.31. The molecule has 0 aromatic carbocycles. The van der Waals surface area contributed by atoms with Crippen molar-refractivity contribution in [3.05, 3.63) is 12.3 Å². The van der Waals surface area contributed by atoms with Crippen LogP contribution in [-0.2, 0) is 0 Å². The molecule has 0 bridgehead atoms. The van der Waals surface area contributed by atoms with Crippen LogP contribution in [0.4, 0.5) is 0 Å². The van der Waals surface area contributed by atoms with Crippen LogP contribution in [0.1, 0.15) is 13.8 Å². The summed E-state index contributed by atoms with van der Waals surface area (Å²) in [5, 5.41) is 3.66. The Hall–Kier alpha value is -0.610. The summed E-state index contributed by atoms with van der Waals surface area (Å²) in [6.45, 7) is 4.16. The Balaban J connectivity index is 2.68. The first-order chi connectivity index (χ1) is 5.11. The van der Waals surface area contributed by atoms with Crippen molar-refractivity contribution in [2.24, 2.45) is 5.73 Å². The van der Waals surface area contributed by atoms with E-state index in [1.165, 1.54) is 0 Å². The normalized spacial score (nSPS) is 24.2. The van der Waals surface area contributed by atoms with Gasteiger partial charge in [0.05, 0.1) is 6.17 Å². The fourth-order valence-electron chi connectivity index (χ4n) is 0.925. The summed E-state index contributed by atoms with van der Waals surface area (Å²) in [5.74, 6) is 0. The van der Waals surface area contributed by atoms with Gasteiger partial charge in [0.15, 0.2) is 5.11 Å². The van der Waals surface area contributed by atoms with Crippen LogP contribution in [0.2, 0.25) is 0 Å². The number of rotatable bonds is 1. The first-order valence-corrected chi connectivity index (χ1v) is 4.05. The van der Waals surface area contributed by atoms with E-state index in [0.717, 1.165) is 0 Å². The molecule has 0 aliphatic carbocycles. The summed E-state index contributed by atoms with van der Waals surface area (Å²) in [4.78, 5) is 1.97. The third-order valence-corrected chi connectivity index (χ3v) is 1.86. The molecule has 1 rings (SSSR count). The van der Waals surface area contributed by atoms with Gasteiger partial charge in [-0.2, -0.15) is 0 Å². The summed E-state index contributed by atoms with van der Waals surface area (Å²) in [7, 11) is 0. The summed E-state index contributed by atoms with van der Waals surface area (Å²) in [6.07, 6.45) is 3.68. The highest BCUT2D eigenvalue weighted by Crippen LogP contribution is 2.04. The van der Waals surface area contributed by atoms with E-state index in [1.807, 2.05) is 17.2 Å². The van der Waals surface area contributed by atoms with Crippen molar-refractivity contribution in [3.8, 4) is 0 Å². The Kier molecular flexibility index (Phi) is 2.46. The van der Waals surface area contributed by atoms with Gasteiger partial charge in [0, 0.05) is 12.2 Å². The highest BCUT2D eigenvalue weighted by atomic mass is 32.1. The fraction of sp³-hybridized carbons (Fsp3) is 0.571. The lowest BCUT2D eigenvalue weighted by atomic mass is 10.3. The topological polar surface area (TPSA) is 41.3 Å². The Bertz CT molecular complexity index is 188. The van der Waals surface area contributed by atoms with E-state index in [2.05, 4.69) is 19.2 Å². The van der Waals surface area contributed by atoms with Crippen molar-refractivity contribution >= 4 is 17.3 Å². The molecule has 3 nitrogen and oxygen atoms in total. The van der Waals surface area contributed by atoms with Crippen LogP contribution < -0.4 is 11.1 Å². The molecule has 1 heterocycles. The molecule has 0 saturated heterocycles. The number of nitrogens with one attached hydrogen (secondary N) is 1. The maximum Gasteiger partial charge on any atom is 0.174 e. The highest BCUT2D eigenvalue weighted by molar-refractivity contribution is 7.80. The number of nitrogens with two attached hydrogens (primary N) is 1. The summed E-state index contributed by atoms with van der Waals surface area (Å²) in [5.41, 5.74) is 5.58. The van der Waals surface area contributed by atoms with Gasteiger partial charge in [0.25, 0.3) is 0 Å². The van der Waals surface area contributed by atoms with Gasteiger partial charge in [0.2, 0.25) is 0 Å². The van der Waals surface area contributed by atoms with Crippen LogP contribution >= 0.6 is 12.2 Å². The van der Waals surface area contributed by atoms with Gasteiger partial charge in [-0.15, -0.1) is 0 Å². The lowest BCUT2D eigenvalue weighted by molar-refractivity contribution is 0.430. The third kappa shape index (κ3) is 1.91. The van der Waals surface area contributed by atoms with E-state index in [1.54, 1.807) is 0 Å². The van der Waals surface area contributed by atoms with E-state index in [-0.39, 0.29) is 6.17 Å². The standard InChI is InChI=1S/C7H13N3S/c1-5(2)10-4-3-6(8)9-7(10)11/h3-6H,8H2,1-2H3,(H,9,11). The van der Waals surface area contributed by atoms with Crippen molar-refractivity contribution in [3.63, 3.8) is 0 Å². The molecule has 0 spiro atoms. The van der Waals surface area contributed by atoms with Crippen LogP contribution in [0.15, 0.2) is 12.3 Å². The monoisotopic (exact) mass is 171 g/mol. The second-order valence-corrected chi connectivity index (χ2v) is 3.20. The molecule has 0 aromatic heterocycles. The number of hydrogen-bond acceptors (Lipinski definition) is 2. The smallest absolute Gasteiger partial charge is 0.174 e. The van der Waals surface area contributed by atoms with Crippen molar-refractivity contribution in [1.29, 1.82) is 0 Å². The summed E-state index contributed by atoms with van der Waals surface area (Å²) >= 11 is 5.06. The van der Waals surface area contributed by atoms with E-state index in [9.17, 15) is 0 Å². The molecule has 62 valence electrons. The zero-order valence-electron chi connectivity index (χ0n) is 6.74. The molecule has 0 amide bonds. The Morgan fingerprint density at radius 1 is 1.73 bits per heavy atom. The average molecular weight is 171 g/mol. The predicted octanol–water partition coefficient (Wildman–Crippen LogP) is 0.383. The minimum absolute atomic E-state index is 0.127. The second-order valence-electron chi connectivity index (χ2n) is 2.82. The summed E-state index contributed by atoms with van der Waals surface area (Å²) in [6, 6.07) is 0.388. The first-order valence-electron chi connectivity index (χ1n) is 3.64. The molecular weight excluding hydrogens is 158 g/mol. The van der Waals surface area contributed by atoms with E-state index < -0.39 is 0 Å². The number of nitrogens with zero attached hydrogens (tertiary/aromatic N) is 1. The zero-order chi connectivity index (χ0) is 8.43. The van der Waals surface area contributed by atoms with Gasteiger partial charge in [-0.05, 0) is 32.1 Å². The number of thiocarbonyl (C=S) groups is 1. The first kappa shape index (κ1) is 8.49. The van der Waals surface area contributed by atoms with Crippen molar-refractivity contribution in [1.82, 2.24) is 10.2 Å². The van der Waals surface area contributed by atoms with E-state index in [0.29, 0.717) is 11.2 Å². The van der Waals surface area contributed by atoms with Crippen molar-refractivity contribution in [2.75, 3.05) is 0 Å². The molecular formula is C7H13N3S. The largest absolute Gasteiger partial charge is 0.344 e. The average Bonchev–Trinajstić information content (AvgIpc) is 1.85. The van der Waals surface area contributed by atoms with Gasteiger partial charge in [0.1, 0.15) is 0 Å². The summed E-state index contributed by atoms with van der Waals surface area (Å²) < 4.78 is 0. The quantitative estimate of drug-likeness (QED) is 0.560. The molecule has 0 radical (unpaired) electrons. The minimum atomic E-state index is -0.127. The molecule has 1 aliphatic heterocycles. The predicted molar refractivity (Wildman–Crippen MR) is 49.8 cm³/mol. The molecule has 4 heteroatoms. The molecule has 1 aliphatic rings. The van der Waals surface area contributed by atoms with Crippen LogP contribution in [0, 0.1) is 0 Å². The SMILES string of the molecule is CC(C)N1C=CC(N)NC1=S. The number of hydrogen-bond donors (Lipinski definition) is 2. The van der Waals surface area contributed by atoms with Crippen LogP contribution in [-0.4, -0.2) is 22.2 Å². The molecule has 0 aromatic rings. The van der Waals surface area contributed by atoms with Crippen LogP contribution in [0.25, 0.3) is 0 Å². The van der Waals surface area contributed by atoms with Gasteiger partial charge < -0.3 is 16.0 Å². The maximum atomic E-state index is 5.58. The maximum absolute atomic E-state index is 5.58. The fourth-order valence-corrected chi connectivity index (χ4v) is 1.33. The van der Waals surface area contributed by atoms with Crippen molar-refractivity contribution in [2.45, 2.75) is 26.1 Å². The molecule has 0 saturated carbocycles. The van der Waals surface area contributed by atoms with Gasteiger partial charge in [-0.3, -0.25) is 0 Å². The van der Waals surface area contributed by atoms with Gasteiger partial charge in [-0.25, -0.2) is 0 Å². The van der Waals surface area contributed by atoms with E-state index >= 15 is 0 Å². The second kappa shape index (κ2) is 3.19. The van der Waals surface area contributed by atoms with Gasteiger partial charge in [-0.1, -0.05) is 0 Å². The minimum Gasteiger partial charge on any atom is -0.344 e. The van der Waals surface area contributed by atoms with E-state index in [4.69, 9.17) is 18.0 Å². The molecule has 11 heavy (non-hydrogen) atoms. The molecule has 1 unspecified atom stereocenters. The lowest BCUT2D eigenvalue weighted by Crippen LogP contribution is -2.51. The molecule has 3 N–H and O–H groups in total. The third-order valence-electron chi connectivity index (χ3n) is 1.53.